The van der Waals surface area contributed by atoms with Crippen LogP contribution in [-0.2, 0) is 16.4 Å². The molecule has 3 aromatic rings. The topological polar surface area (TPSA) is 79.6 Å². The van der Waals surface area contributed by atoms with Crippen LogP contribution in [0.2, 0.25) is 0 Å². The van der Waals surface area contributed by atoms with Crippen molar-refractivity contribution in [2.45, 2.75) is 11.3 Å². The summed E-state index contributed by atoms with van der Waals surface area (Å²) >= 11 is 0. The van der Waals surface area contributed by atoms with Crippen LogP contribution in [0, 0.1) is 11.6 Å². The molecule has 1 amide bonds. The van der Waals surface area contributed by atoms with Crippen molar-refractivity contribution >= 4 is 27.3 Å². The van der Waals surface area contributed by atoms with Gasteiger partial charge < -0.3 is 9.32 Å². The number of benzene rings is 2. The van der Waals surface area contributed by atoms with Gasteiger partial charge in [-0.1, -0.05) is 0 Å². The first kappa shape index (κ1) is 18.2. The Morgan fingerprint density at radius 3 is 2.64 bits per heavy atom. The Bertz CT molecular complexity index is 1160. The van der Waals surface area contributed by atoms with E-state index in [0.717, 1.165) is 17.7 Å². The van der Waals surface area contributed by atoms with Crippen molar-refractivity contribution in [3.63, 3.8) is 0 Å². The molecular weight excluding hydrogens is 390 g/mol. The van der Waals surface area contributed by atoms with Gasteiger partial charge in [-0.05, 0) is 54.4 Å². The third-order valence-electron chi connectivity index (χ3n) is 4.39. The lowest BCUT2D eigenvalue weighted by Gasteiger charge is -2.16. The average molecular weight is 404 g/mol. The van der Waals surface area contributed by atoms with Gasteiger partial charge in [-0.15, -0.1) is 0 Å². The molecule has 6 nitrogen and oxygen atoms in total. The van der Waals surface area contributed by atoms with Crippen molar-refractivity contribution in [3.05, 3.63) is 77.8 Å². The second-order valence-electron chi connectivity index (χ2n) is 6.21. The average Bonchev–Trinajstić information content (AvgIpc) is 3.30. The fraction of sp³-hybridized carbons (Fsp3) is 0.105. The number of sulfonamides is 1. The summed E-state index contributed by atoms with van der Waals surface area (Å²) in [5.41, 5.74) is 1.63. The largest absolute Gasteiger partial charge is 0.459 e. The molecule has 2 aromatic carbocycles. The molecule has 0 aliphatic carbocycles. The normalized spacial score (nSPS) is 13.4. The molecule has 0 unspecified atom stereocenters. The van der Waals surface area contributed by atoms with Crippen molar-refractivity contribution in [3.8, 4) is 0 Å². The van der Waals surface area contributed by atoms with Gasteiger partial charge >= 0.3 is 0 Å². The molecule has 4 rings (SSSR count). The third-order valence-corrected chi connectivity index (χ3v) is 5.80. The Labute approximate surface area is 159 Å². The summed E-state index contributed by atoms with van der Waals surface area (Å²) in [7, 11) is -4.23. The fourth-order valence-electron chi connectivity index (χ4n) is 3.11. The zero-order valence-electron chi connectivity index (χ0n) is 14.4. The Hall–Kier alpha value is -3.20. The number of anilines is 2. The molecule has 0 bridgehead atoms. The van der Waals surface area contributed by atoms with Gasteiger partial charge in [0.2, 0.25) is 0 Å². The molecule has 144 valence electrons. The van der Waals surface area contributed by atoms with Crippen LogP contribution in [0.3, 0.4) is 0 Å². The highest BCUT2D eigenvalue weighted by Gasteiger charge is 2.28. The zero-order valence-corrected chi connectivity index (χ0v) is 15.2. The molecular formula is C19H14F2N2O4S. The Kier molecular flexibility index (Phi) is 4.38. The number of nitrogens with one attached hydrogen (secondary N) is 1. The monoisotopic (exact) mass is 404 g/mol. The van der Waals surface area contributed by atoms with E-state index < -0.39 is 26.6 Å². The van der Waals surface area contributed by atoms with Crippen molar-refractivity contribution in [1.82, 2.24) is 0 Å². The number of furan rings is 1. The molecule has 0 fully saturated rings. The first-order valence-corrected chi connectivity index (χ1v) is 9.80. The van der Waals surface area contributed by atoms with Gasteiger partial charge in [-0.2, -0.15) is 0 Å². The molecule has 9 heteroatoms. The quantitative estimate of drug-likeness (QED) is 0.721. The minimum Gasteiger partial charge on any atom is -0.459 e. The lowest BCUT2D eigenvalue weighted by molar-refractivity contribution is 0.0962. The number of nitrogens with zero attached hydrogens (tertiary/aromatic N) is 1. The van der Waals surface area contributed by atoms with Crippen molar-refractivity contribution in [2.24, 2.45) is 0 Å². The van der Waals surface area contributed by atoms with E-state index in [0.29, 0.717) is 24.7 Å². The highest BCUT2D eigenvalue weighted by molar-refractivity contribution is 7.92. The van der Waals surface area contributed by atoms with Crippen LogP contribution in [0.25, 0.3) is 0 Å². The maximum absolute atomic E-state index is 13.8. The molecule has 1 N–H and O–H groups in total. The van der Waals surface area contributed by atoms with Crippen molar-refractivity contribution in [2.75, 3.05) is 16.2 Å². The van der Waals surface area contributed by atoms with Crippen LogP contribution in [0.4, 0.5) is 20.2 Å². The van der Waals surface area contributed by atoms with Crippen LogP contribution >= 0.6 is 0 Å². The minimum absolute atomic E-state index is 0.212. The van der Waals surface area contributed by atoms with E-state index in [-0.39, 0.29) is 17.4 Å². The number of carbonyl (C=O) groups excluding carboxylic acids is 1. The first-order chi connectivity index (χ1) is 13.3. The number of hydrogen-bond donors (Lipinski definition) is 1. The van der Waals surface area contributed by atoms with E-state index in [1.165, 1.54) is 12.3 Å². The standard InChI is InChI=1S/C19H14F2N2O4S/c20-13-3-6-18(15(21)11-13)28(25,26)22-14-4-5-16-12(10-14)7-8-23(16)19(24)17-2-1-9-27-17/h1-6,9-11,22H,7-8H2. The van der Waals surface area contributed by atoms with Crippen molar-refractivity contribution < 1.29 is 26.4 Å². The van der Waals surface area contributed by atoms with Crippen LogP contribution in [0.1, 0.15) is 16.1 Å². The molecule has 28 heavy (non-hydrogen) atoms. The summed E-state index contributed by atoms with van der Waals surface area (Å²) in [6.07, 6.45) is 1.94. The molecule has 1 aromatic heterocycles. The molecule has 0 saturated carbocycles. The smallest absolute Gasteiger partial charge is 0.293 e. The van der Waals surface area contributed by atoms with E-state index >= 15 is 0 Å². The van der Waals surface area contributed by atoms with Gasteiger partial charge in [0, 0.05) is 24.0 Å². The maximum Gasteiger partial charge on any atom is 0.293 e. The van der Waals surface area contributed by atoms with E-state index in [1.807, 2.05) is 0 Å². The van der Waals surface area contributed by atoms with Crippen molar-refractivity contribution in [1.29, 1.82) is 0 Å². The lowest BCUT2D eigenvalue weighted by atomic mass is 10.1. The van der Waals surface area contributed by atoms with Gasteiger partial charge in [0.05, 0.1) is 6.26 Å². The number of rotatable bonds is 4. The fourth-order valence-corrected chi connectivity index (χ4v) is 4.22. The van der Waals surface area contributed by atoms with Gasteiger partial charge in [0.1, 0.15) is 16.5 Å². The number of amides is 1. The molecule has 0 atom stereocenters. The SMILES string of the molecule is O=C(c1ccco1)N1CCc2cc(NS(=O)(=O)c3ccc(F)cc3F)ccc21. The van der Waals surface area contributed by atoms with Crippen LogP contribution in [0.15, 0.2) is 64.1 Å². The lowest BCUT2D eigenvalue weighted by Crippen LogP contribution is -2.28. The number of halogens is 2. The Morgan fingerprint density at radius 2 is 1.93 bits per heavy atom. The third kappa shape index (κ3) is 3.24. The second-order valence-corrected chi connectivity index (χ2v) is 7.86. The van der Waals surface area contributed by atoms with Crippen LogP contribution in [0.5, 0.6) is 0 Å². The highest BCUT2D eigenvalue weighted by Crippen LogP contribution is 2.32. The molecule has 0 saturated heterocycles. The van der Waals surface area contributed by atoms with Gasteiger partial charge in [-0.3, -0.25) is 9.52 Å². The van der Waals surface area contributed by atoms with Gasteiger partial charge in [0.15, 0.2) is 5.76 Å². The molecule has 1 aliphatic rings. The predicted octanol–water partition coefficient (Wildman–Crippen LogP) is 3.56. The van der Waals surface area contributed by atoms with E-state index in [4.69, 9.17) is 4.42 Å². The van der Waals surface area contributed by atoms with Gasteiger partial charge in [-0.25, -0.2) is 17.2 Å². The summed E-state index contributed by atoms with van der Waals surface area (Å²) in [6.45, 7) is 0.428. The summed E-state index contributed by atoms with van der Waals surface area (Å²) < 4.78 is 59.1. The van der Waals surface area contributed by atoms with E-state index in [2.05, 4.69) is 4.72 Å². The molecule has 0 spiro atoms. The van der Waals surface area contributed by atoms with E-state index in [9.17, 15) is 22.0 Å². The first-order valence-electron chi connectivity index (χ1n) is 8.31. The summed E-state index contributed by atoms with van der Waals surface area (Å²) in [4.78, 5) is 13.4. The Morgan fingerprint density at radius 1 is 1.11 bits per heavy atom. The van der Waals surface area contributed by atoms with Crippen LogP contribution in [-0.4, -0.2) is 20.9 Å². The Balaban J connectivity index is 1.59. The zero-order chi connectivity index (χ0) is 19.9. The number of hydrogen-bond acceptors (Lipinski definition) is 4. The minimum atomic E-state index is -4.23. The second kappa shape index (κ2) is 6.75. The highest BCUT2D eigenvalue weighted by atomic mass is 32.2. The number of fused-ring (bicyclic) bond motifs is 1. The van der Waals surface area contributed by atoms with E-state index in [1.54, 1.807) is 29.2 Å². The maximum atomic E-state index is 13.8. The summed E-state index contributed by atoms with van der Waals surface area (Å²) in [5, 5.41) is 0. The molecule has 0 radical (unpaired) electrons. The number of carbonyl (C=O) groups is 1. The molecule has 2 heterocycles. The summed E-state index contributed by atoms with van der Waals surface area (Å²) in [6, 6.07) is 10.1. The van der Waals surface area contributed by atoms with Crippen LogP contribution < -0.4 is 9.62 Å². The molecule has 1 aliphatic heterocycles. The van der Waals surface area contributed by atoms with Gasteiger partial charge in [0.25, 0.3) is 15.9 Å². The predicted molar refractivity (Wildman–Crippen MR) is 97.7 cm³/mol. The summed E-state index contributed by atoms with van der Waals surface area (Å²) in [5.74, 6) is -2.12.